The van der Waals surface area contributed by atoms with Crippen LogP contribution in [0.3, 0.4) is 0 Å². The van der Waals surface area contributed by atoms with Crippen LogP contribution in [0, 0.1) is 0 Å². The largest absolute Gasteiger partial charge is 0.306 e. The molecule has 0 saturated heterocycles. The molecule has 1 atom stereocenters. The Kier molecular flexibility index (Phi) is 14.3. The van der Waals surface area contributed by atoms with Crippen LogP contribution in [0.1, 0.15) is 97.3 Å². The lowest BCUT2D eigenvalue weighted by molar-refractivity contribution is 0.264. The van der Waals surface area contributed by atoms with Crippen molar-refractivity contribution in [3.05, 3.63) is 0 Å². The van der Waals surface area contributed by atoms with Crippen molar-refractivity contribution in [2.75, 3.05) is 14.1 Å². The summed E-state index contributed by atoms with van der Waals surface area (Å²) in [5.41, 5.74) is 0. The molecule has 0 aliphatic carbocycles. The summed E-state index contributed by atoms with van der Waals surface area (Å²) in [6, 6.07) is 0.804. The molecule has 0 spiro atoms. The van der Waals surface area contributed by atoms with E-state index in [4.69, 9.17) is 0 Å². The molecule has 1 heteroatoms. The van der Waals surface area contributed by atoms with Crippen molar-refractivity contribution >= 4 is 0 Å². The minimum atomic E-state index is 0.804. The van der Waals surface area contributed by atoms with Gasteiger partial charge < -0.3 is 4.90 Å². The van der Waals surface area contributed by atoms with Gasteiger partial charge in [0, 0.05) is 6.04 Å². The van der Waals surface area contributed by atoms with Gasteiger partial charge >= 0.3 is 0 Å². The van der Waals surface area contributed by atoms with E-state index in [9.17, 15) is 0 Å². The van der Waals surface area contributed by atoms with Gasteiger partial charge in [0.15, 0.2) is 0 Å². The summed E-state index contributed by atoms with van der Waals surface area (Å²) in [5.74, 6) is 0. The molecular formula is C18H39N. The first kappa shape index (κ1) is 19.0. The summed E-state index contributed by atoms with van der Waals surface area (Å²) < 4.78 is 0. The van der Waals surface area contributed by atoms with Gasteiger partial charge in [-0.2, -0.15) is 0 Å². The Morgan fingerprint density at radius 1 is 0.632 bits per heavy atom. The average molecular weight is 270 g/mol. The highest BCUT2D eigenvalue weighted by Gasteiger charge is 2.07. The second-order valence-electron chi connectivity index (χ2n) is 6.35. The second kappa shape index (κ2) is 14.4. The number of nitrogens with zero attached hydrogens (tertiary/aromatic N) is 1. The highest BCUT2D eigenvalue weighted by Crippen LogP contribution is 2.14. The molecule has 0 aromatic rings. The molecule has 0 amide bonds. The van der Waals surface area contributed by atoms with Gasteiger partial charge in [-0.15, -0.1) is 0 Å². The number of hydrogen-bond acceptors (Lipinski definition) is 1. The van der Waals surface area contributed by atoms with Gasteiger partial charge in [0.25, 0.3) is 0 Å². The van der Waals surface area contributed by atoms with Crippen LogP contribution in [-0.2, 0) is 0 Å². The van der Waals surface area contributed by atoms with Gasteiger partial charge in [-0.3, -0.25) is 0 Å². The third-order valence-electron chi connectivity index (χ3n) is 4.34. The van der Waals surface area contributed by atoms with Crippen molar-refractivity contribution < 1.29 is 0 Å². The molecule has 0 N–H and O–H groups in total. The first-order chi connectivity index (χ1) is 9.22. The van der Waals surface area contributed by atoms with Gasteiger partial charge in [-0.1, -0.05) is 84.5 Å². The molecule has 0 fully saturated rings. The minimum Gasteiger partial charge on any atom is -0.306 e. The molecule has 0 heterocycles. The normalized spacial score (nSPS) is 13.1. The smallest absolute Gasteiger partial charge is 0.00865 e. The fourth-order valence-electron chi connectivity index (χ4n) is 2.87. The van der Waals surface area contributed by atoms with Crippen LogP contribution in [0.15, 0.2) is 0 Å². The maximum Gasteiger partial charge on any atom is 0.00865 e. The zero-order chi connectivity index (χ0) is 14.3. The molecule has 0 bridgehead atoms. The Balaban J connectivity index is 3.14. The third-order valence-corrected chi connectivity index (χ3v) is 4.34. The van der Waals surface area contributed by atoms with Crippen LogP contribution < -0.4 is 0 Å². The minimum absolute atomic E-state index is 0.804. The predicted molar refractivity (Wildman–Crippen MR) is 88.8 cm³/mol. The van der Waals surface area contributed by atoms with Crippen LogP contribution in [0.2, 0.25) is 0 Å². The molecule has 19 heavy (non-hydrogen) atoms. The quantitative estimate of drug-likeness (QED) is 0.348. The highest BCUT2D eigenvalue weighted by atomic mass is 15.1. The van der Waals surface area contributed by atoms with Crippen LogP contribution in [0.4, 0.5) is 0 Å². The first-order valence-electron chi connectivity index (χ1n) is 8.88. The SMILES string of the molecule is CCCCCCCCCCCCCC(CC)N(C)C. The molecule has 0 aromatic heterocycles. The number of rotatable bonds is 14. The molecule has 1 unspecified atom stereocenters. The van der Waals surface area contributed by atoms with Gasteiger partial charge in [-0.25, -0.2) is 0 Å². The van der Waals surface area contributed by atoms with E-state index in [2.05, 4.69) is 32.8 Å². The lowest BCUT2D eigenvalue weighted by Crippen LogP contribution is -2.26. The molecular weight excluding hydrogens is 230 g/mol. The monoisotopic (exact) mass is 269 g/mol. The summed E-state index contributed by atoms with van der Waals surface area (Å²) in [7, 11) is 4.43. The van der Waals surface area contributed by atoms with Crippen molar-refractivity contribution in [2.24, 2.45) is 0 Å². The van der Waals surface area contributed by atoms with Gasteiger partial charge in [0.05, 0.1) is 0 Å². The Bertz CT molecular complexity index is 165. The van der Waals surface area contributed by atoms with E-state index in [1.165, 1.54) is 83.5 Å². The van der Waals surface area contributed by atoms with Crippen molar-refractivity contribution in [1.29, 1.82) is 0 Å². The molecule has 0 aromatic carbocycles. The van der Waals surface area contributed by atoms with Crippen LogP contribution in [0.25, 0.3) is 0 Å². The topological polar surface area (TPSA) is 3.24 Å². The van der Waals surface area contributed by atoms with E-state index in [-0.39, 0.29) is 0 Å². The zero-order valence-corrected chi connectivity index (χ0v) is 14.2. The van der Waals surface area contributed by atoms with E-state index in [0.717, 1.165) is 6.04 Å². The zero-order valence-electron chi connectivity index (χ0n) is 14.2. The fourth-order valence-corrected chi connectivity index (χ4v) is 2.87. The summed E-state index contributed by atoms with van der Waals surface area (Å²) in [6.45, 7) is 4.60. The first-order valence-corrected chi connectivity index (χ1v) is 8.88. The lowest BCUT2D eigenvalue weighted by Gasteiger charge is -2.22. The fraction of sp³-hybridized carbons (Fsp3) is 1.00. The third kappa shape index (κ3) is 12.7. The van der Waals surface area contributed by atoms with Gasteiger partial charge in [0.1, 0.15) is 0 Å². The van der Waals surface area contributed by atoms with Crippen molar-refractivity contribution in [2.45, 2.75) is 103 Å². The van der Waals surface area contributed by atoms with Gasteiger partial charge in [-0.05, 0) is 26.9 Å². The van der Waals surface area contributed by atoms with E-state index in [1.54, 1.807) is 0 Å². The molecule has 0 rings (SSSR count). The van der Waals surface area contributed by atoms with E-state index in [1.807, 2.05) is 0 Å². The Hall–Kier alpha value is -0.0400. The molecule has 0 aliphatic heterocycles. The predicted octanol–water partition coefficient (Wildman–Crippen LogP) is 6.03. The van der Waals surface area contributed by atoms with E-state index >= 15 is 0 Å². The standard InChI is InChI=1S/C18H39N/c1-5-7-8-9-10-11-12-13-14-15-16-17-18(6-2)19(3)4/h18H,5-17H2,1-4H3. The Labute approximate surface area is 123 Å². The summed E-state index contributed by atoms with van der Waals surface area (Å²) in [4.78, 5) is 2.39. The van der Waals surface area contributed by atoms with Gasteiger partial charge in [0.2, 0.25) is 0 Å². The van der Waals surface area contributed by atoms with Crippen molar-refractivity contribution in [3.63, 3.8) is 0 Å². The van der Waals surface area contributed by atoms with Crippen LogP contribution >= 0.6 is 0 Å². The number of hydrogen-bond donors (Lipinski definition) is 0. The second-order valence-corrected chi connectivity index (χ2v) is 6.35. The highest BCUT2D eigenvalue weighted by molar-refractivity contribution is 4.63. The molecule has 116 valence electrons. The number of unbranched alkanes of at least 4 members (excludes halogenated alkanes) is 10. The van der Waals surface area contributed by atoms with Crippen molar-refractivity contribution in [1.82, 2.24) is 4.90 Å². The molecule has 0 radical (unpaired) electrons. The maximum atomic E-state index is 2.39. The Morgan fingerprint density at radius 3 is 1.42 bits per heavy atom. The van der Waals surface area contributed by atoms with Crippen LogP contribution in [-0.4, -0.2) is 25.0 Å². The lowest BCUT2D eigenvalue weighted by atomic mass is 10.0. The van der Waals surface area contributed by atoms with Crippen LogP contribution in [0.5, 0.6) is 0 Å². The average Bonchev–Trinajstić information content (AvgIpc) is 2.40. The van der Waals surface area contributed by atoms with E-state index < -0.39 is 0 Å². The summed E-state index contributed by atoms with van der Waals surface area (Å²) in [6.07, 6.45) is 18.6. The summed E-state index contributed by atoms with van der Waals surface area (Å²) >= 11 is 0. The van der Waals surface area contributed by atoms with E-state index in [0.29, 0.717) is 0 Å². The maximum absolute atomic E-state index is 2.39. The Morgan fingerprint density at radius 2 is 1.05 bits per heavy atom. The molecule has 0 saturated carbocycles. The molecule has 1 nitrogen and oxygen atoms in total. The molecule has 0 aliphatic rings. The summed E-state index contributed by atoms with van der Waals surface area (Å²) in [5, 5.41) is 0. The van der Waals surface area contributed by atoms with Crippen molar-refractivity contribution in [3.8, 4) is 0 Å².